The smallest absolute Gasteiger partial charge is 0.261 e. The first-order valence-corrected chi connectivity index (χ1v) is 10.3. The van der Waals surface area contributed by atoms with Crippen LogP contribution in [0.4, 0.5) is 15.8 Å². The molecule has 4 rings (SSSR count). The number of fused-ring (bicyclic) bond motifs is 1. The van der Waals surface area contributed by atoms with Crippen molar-refractivity contribution in [3.8, 4) is 0 Å². The van der Waals surface area contributed by atoms with Crippen LogP contribution in [0.25, 0.3) is 10.9 Å². The Kier molecular flexibility index (Phi) is 6.26. The van der Waals surface area contributed by atoms with E-state index in [2.05, 4.69) is 15.6 Å². The number of rotatable bonds is 6. The highest BCUT2D eigenvalue weighted by atomic mass is 19.1. The van der Waals surface area contributed by atoms with Crippen LogP contribution in [-0.4, -0.2) is 21.4 Å². The number of benzene rings is 3. The van der Waals surface area contributed by atoms with Crippen molar-refractivity contribution in [1.82, 2.24) is 9.55 Å². The number of carbonyl (C=O) groups is 2. The van der Waals surface area contributed by atoms with Crippen molar-refractivity contribution in [3.63, 3.8) is 0 Å². The number of aromatic nitrogens is 2. The van der Waals surface area contributed by atoms with Gasteiger partial charge in [-0.1, -0.05) is 24.3 Å². The third-order valence-corrected chi connectivity index (χ3v) is 5.13. The summed E-state index contributed by atoms with van der Waals surface area (Å²) in [5.41, 5.74) is 2.44. The van der Waals surface area contributed by atoms with E-state index in [4.69, 9.17) is 0 Å². The molecular formula is C25H21FN4O3. The van der Waals surface area contributed by atoms with Crippen molar-refractivity contribution in [1.29, 1.82) is 0 Å². The average molecular weight is 444 g/mol. The van der Waals surface area contributed by atoms with Gasteiger partial charge in [-0.2, -0.15) is 0 Å². The lowest BCUT2D eigenvalue weighted by atomic mass is 10.1. The predicted octanol–water partition coefficient (Wildman–Crippen LogP) is 4.13. The molecule has 0 aliphatic heterocycles. The summed E-state index contributed by atoms with van der Waals surface area (Å²) in [5.74, 6) is -1.20. The van der Waals surface area contributed by atoms with Crippen LogP contribution in [0.1, 0.15) is 22.3 Å². The highest BCUT2D eigenvalue weighted by Gasteiger charge is 2.11. The van der Waals surface area contributed by atoms with E-state index < -0.39 is 11.7 Å². The number of aryl methyl sites for hydroxylation is 2. The van der Waals surface area contributed by atoms with E-state index >= 15 is 0 Å². The minimum absolute atomic E-state index is 0.0542. The first-order valence-electron chi connectivity index (χ1n) is 10.3. The Balaban J connectivity index is 1.40. The van der Waals surface area contributed by atoms with E-state index in [9.17, 15) is 18.8 Å². The maximum Gasteiger partial charge on any atom is 0.261 e. The number of hydrogen-bond acceptors (Lipinski definition) is 4. The van der Waals surface area contributed by atoms with Crippen LogP contribution in [0.3, 0.4) is 0 Å². The maximum atomic E-state index is 13.3. The zero-order valence-corrected chi connectivity index (χ0v) is 17.8. The van der Waals surface area contributed by atoms with Gasteiger partial charge in [0.15, 0.2) is 0 Å². The van der Waals surface area contributed by atoms with Gasteiger partial charge in [-0.25, -0.2) is 9.37 Å². The Hall–Kier alpha value is -4.33. The maximum absolute atomic E-state index is 13.3. The van der Waals surface area contributed by atoms with Gasteiger partial charge in [0.1, 0.15) is 5.82 Å². The largest absolute Gasteiger partial charge is 0.326 e. The summed E-state index contributed by atoms with van der Waals surface area (Å²) >= 11 is 0. The lowest BCUT2D eigenvalue weighted by Gasteiger charge is -2.10. The molecule has 0 bridgehead atoms. The summed E-state index contributed by atoms with van der Waals surface area (Å²) < 4.78 is 14.7. The number of halogens is 1. The molecule has 0 fully saturated rings. The second-order valence-electron chi connectivity index (χ2n) is 7.56. The lowest BCUT2D eigenvalue weighted by Crippen LogP contribution is -2.24. The van der Waals surface area contributed by atoms with Crippen molar-refractivity contribution in [2.45, 2.75) is 19.9 Å². The van der Waals surface area contributed by atoms with Crippen LogP contribution in [0.15, 0.2) is 77.9 Å². The highest BCUT2D eigenvalue weighted by Crippen LogP contribution is 2.15. The Bertz CT molecular complexity index is 1410. The normalized spacial score (nSPS) is 10.7. The van der Waals surface area contributed by atoms with Gasteiger partial charge in [0.05, 0.1) is 17.2 Å². The highest BCUT2D eigenvalue weighted by molar-refractivity contribution is 6.05. The topological polar surface area (TPSA) is 93.1 Å². The predicted molar refractivity (Wildman–Crippen MR) is 125 cm³/mol. The van der Waals surface area contributed by atoms with Gasteiger partial charge in [0, 0.05) is 29.9 Å². The molecular weight excluding hydrogens is 423 g/mol. The fourth-order valence-corrected chi connectivity index (χ4v) is 3.45. The molecule has 2 N–H and O–H groups in total. The average Bonchev–Trinajstić information content (AvgIpc) is 2.79. The fourth-order valence-electron chi connectivity index (χ4n) is 3.45. The second kappa shape index (κ2) is 9.44. The molecule has 33 heavy (non-hydrogen) atoms. The molecule has 4 aromatic rings. The van der Waals surface area contributed by atoms with Crippen molar-refractivity contribution in [2.75, 3.05) is 10.6 Å². The zero-order chi connectivity index (χ0) is 23.4. The van der Waals surface area contributed by atoms with Crippen LogP contribution < -0.4 is 16.2 Å². The van der Waals surface area contributed by atoms with Crippen LogP contribution >= 0.6 is 0 Å². The van der Waals surface area contributed by atoms with Crippen LogP contribution in [0.2, 0.25) is 0 Å². The van der Waals surface area contributed by atoms with Gasteiger partial charge in [0.25, 0.3) is 11.5 Å². The van der Waals surface area contributed by atoms with Gasteiger partial charge in [-0.05, 0) is 55.0 Å². The minimum atomic E-state index is -0.454. The van der Waals surface area contributed by atoms with Gasteiger partial charge in [-0.3, -0.25) is 19.0 Å². The quantitative estimate of drug-likeness (QED) is 0.468. The third-order valence-electron chi connectivity index (χ3n) is 5.13. The van der Waals surface area contributed by atoms with Gasteiger partial charge in [-0.15, -0.1) is 0 Å². The van der Waals surface area contributed by atoms with Crippen molar-refractivity contribution >= 4 is 34.1 Å². The SMILES string of the molecule is Cc1cccc2c(=O)n(CCC(=O)Nc3cccc(C(=O)Nc4cccc(F)c4)c3)cnc12. The molecule has 3 aromatic carbocycles. The number of nitrogens with zero attached hydrogens (tertiary/aromatic N) is 2. The van der Waals surface area contributed by atoms with E-state index in [-0.39, 0.29) is 24.4 Å². The van der Waals surface area contributed by atoms with E-state index in [0.717, 1.165) is 5.56 Å². The molecule has 0 aliphatic rings. The Morgan fingerprint density at radius 2 is 1.70 bits per heavy atom. The Morgan fingerprint density at radius 1 is 0.970 bits per heavy atom. The van der Waals surface area contributed by atoms with E-state index in [0.29, 0.717) is 27.8 Å². The molecule has 166 valence electrons. The summed E-state index contributed by atoms with van der Waals surface area (Å²) in [4.78, 5) is 41.9. The molecule has 0 saturated carbocycles. The molecule has 0 unspecified atom stereocenters. The first kappa shape index (κ1) is 21.9. The van der Waals surface area contributed by atoms with E-state index in [1.807, 2.05) is 13.0 Å². The number of amides is 2. The van der Waals surface area contributed by atoms with Crippen LogP contribution in [-0.2, 0) is 11.3 Å². The number of anilines is 2. The number of para-hydroxylation sites is 1. The van der Waals surface area contributed by atoms with Crippen molar-refractivity contribution in [2.24, 2.45) is 0 Å². The summed E-state index contributed by atoms with van der Waals surface area (Å²) in [5, 5.41) is 5.85. The van der Waals surface area contributed by atoms with Crippen molar-refractivity contribution in [3.05, 3.63) is 100 Å². The molecule has 0 radical (unpaired) electrons. The van der Waals surface area contributed by atoms with Crippen molar-refractivity contribution < 1.29 is 14.0 Å². The van der Waals surface area contributed by atoms with Gasteiger partial charge < -0.3 is 10.6 Å². The van der Waals surface area contributed by atoms with Gasteiger partial charge >= 0.3 is 0 Å². The molecule has 2 amide bonds. The summed E-state index contributed by atoms with van der Waals surface area (Å²) in [6, 6.07) is 17.4. The summed E-state index contributed by atoms with van der Waals surface area (Å²) in [6.45, 7) is 2.06. The second-order valence-corrected chi connectivity index (χ2v) is 7.56. The molecule has 0 atom stereocenters. The third kappa shape index (κ3) is 5.12. The lowest BCUT2D eigenvalue weighted by molar-refractivity contribution is -0.116. The summed E-state index contributed by atoms with van der Waals surface area (Å²) in [6.07, 6.45) is 1.50. The van der Waals surface area contributed by atoms with Crippen LogP contribution in [0.5, 0.6) is 0 Å². The molecule has 0 spiro atoms. The molecule has 7 nitrogen and oxygen atoms in total. The first-order chi connectivity index (χ1) is 15.9. The molecule has 8 heteroatoms. The number of nitrogens with one attached hydrogen (secondary N) is 2. The molecule has 0 saturated heterocycles. The van der Waals surface area contributed by atoms with Gasteiger partial charge in [0.2, 0.25) is 5.91 Å². The fraction of sp³-hybridized carbons (Fsp3) is 0.120. The minimum Gasteiger partial charge on any atom is -0.326 e. The Labute approximate surface area is 188 Å². The Morgan fingerprint density at radius 3 is 2.48 bits per heavy atom. The number of carbonyl (C=O) groups excluding carboxylic acids is 2. The summed E-state index contributed by atoms with van der Waals surface area (Å²) in [7, 11) is 0. The van der Waals surface area contributed by atoms with Crippen LogP contribution in [0, 0.1) is 12.7 Å². The van der Waals surface area contributed by atoms with E-state index in [1.165, 1.54) is 35.2 Å². The molecule has 0 aliphatic carbocycles. The number of hydrogen-bond donors (Lipinski definition) is 2. The standard InChI is InChI=1S/C25H21FN4O3/c1-16-5-2-10-21-23(16)27-15-30(25(21)33)12-11-22(31)28-19-8-3-6-17(13-19)24(32)29-20-9-4-7-18(26)14-20/h2-10,13-15H,11-12H2,1H3,(H,28,31)(H,29,32). The molecule has 1 aromatic heterocycles. The van der Waals surface area contributed by atoms with E-state index in [1.54, 1.807) is 36.4 Å². The zero-order valence-electron chi connectivity index (χ0n) is 17.8. The molecule has 1 heterocycles. The monoisotopic (exact) mass is 444 g/mol.